The monoisotopic (exact) mass is 410 g/mol. The second-order valence-electron chi connectivity index (χ2n) is 4.53. The molecule has 0 aliphatic carbocycles. The van der Waals surface area contributed by atoms with Crippen LogP contribution in [0.5, 0.6) is 11.5 Å². The molecule has 2 aromatic rings. The van der Waals surface area contributed by atoms with Crippen LogP contribution in [0, 0.1) is 3.57 Å². The first kappa shape index (κ1) is 16.3. The molecule has 0 unspecified atom stereocenters. The lowest BCUT2D eigenvalue weighted by molar-refractivity contribution is -0.120. The Labute approximate surface area is 142 Å². The first-order valence-electron chi connectivity index (χ1n) is 6.52. The smallest absolute Gasteiger partial charge is 0.244 e. The lowest BCUT2D eigenvalue weighted by atomic mass is 10.1. The summed E-state index contributed by atoms with van der Waals surface area (Å²) in [5.41, 5.74) is 4.12. The zero-order valence-corrected chi connectivity index (χ0v) is 14.1. The number of ether oxygens (including phenoxy) is 1. The van der Waals surface area contributed by atoms with E-state index in [0.717, 1.165) is 14.7 Å². The van der Waals surface area contributed by atoms with Crippen LogP contribution >= 0.6 is 22.6 Å². The molecule has 6 heteroatoms. The van der Waals surface area contributed by atoms with Gasteiger partial charge in [-0.05, 0) is 64.0 Å². The standard InChI is InChI=1S/C16H15IN2O3/c1-22-13-4-2-3-11(7-13)9-16(21)19-18-10-12-5-6-15(20)14(17)8-12/h2-8,10,20H,9H2,1H3,(H,19,21)/b18-10+. The summed E-state index contributed by atoms with van der Waals surface area (Å²) >= 11 is 2.03. The molecule has 2 N–H and O–H groups in total. The molecule has 0 radical (unpaired) electrons. The van der Waals surface area contributed by atoms with Crippen molar-refractivity contribution < 1.29 is 14.6 Å². The fraction of sp³-hybridized carbons (Fsp3) is 0.125. The molecule has 0 heterocycles. The lowest BCUT2D eigenvalue weighted by Crippen LogP contribution is -2.19. The number of phenolic OH excluding ortho intramolecular Hbond substituents is 1. The van der Waals surface area contributed by atoms with Gasteiger partial charge in [0.1, 0.15) is 11.5 Å². The van der Waals surface area contributed by atoms with E-state index in [-0.39, 0.29) is 18.1 Å². The number of aromatic hydroxyl groups is 1. The number of hydrogen-bond donors (Lipinski definition) is 2. The third-order valence-corrected chi connectivity index (χ3v) is 3.74. The summed E-state index contributed by atoms with van der Waals surface area (Å²) in [4.78, 5) is 11.8. The minimum atomic E-state index is -0.210. The minimum absolute atomic E-state index is 0.210. The molecule has 0 saturated carbocycles. The molecule has 22 heavy (non-hydrogen) atoms. The zero-order valence-electron chi connectivity index (χ0n) is 11.9. The Morgan fingerprint density at radius 2 is 2.18 bits per heavy atom. The van der Waals surface area contributed by atoms with Gasteiger partial charge in [-0.15, -0.1) is 0 Å². The van der Waals surface area contributed by atoms with Crippen molar-refractivity contribution in [1.29, 1.82) is 0 Å². The van der Waals surface area contributed by atoms with Gasteiger partial charge in [-0.25, -0.2) is 5.43 Å². The summed E-state index contributed by atoms with van der Waals surface area (Å²) in [7, 11) is 1.59. The number of amides is 1. The summed E-state index contributed by atoms with van der Waals surface area (Å²) in [5.74, 6) is 0.727. The molecule has 0 saturated heterocycles. The van der Waals surface area contributed by atoms with Crippen LogP contribution in [0.4, 0.5) is 0 Å². The number of hydrazone groups is 1. The summed E-state index contributed by atoms with van der Waals surface area (Å²) in [6, 6.07) is 12.4. The van der Waals surface area contributed by atoms with Gasteiger partial charge in [0, 0.05) is 0 Å². The maximum absolute atomic E-state index is 11.8. The van der Waals surface area contributed by atoms with Crippen molar-refractivity contribution in [3.8, 4) is 11.5 Å². The predicted molar refractivity (Wildman–Crippen MR) is 93.3 cm³/mol. The molecular formula is C16H15IN2O3. The Morgan fingerprint density at radius 3 is 2.91 bits per heavy atom. The SMILES string of the molecule is COc1cccc(CC(=O)N/N=C/c2ccc(O)c(I)c2)c1. The van der Waals surface area contributed by atoms with E-state index < -0.39 is 0 Å². The molecule has 1 amide bonds. The van der Waals surface area contributed by atoms with Crippen LogP contribution in [0.15, 0.2) is 47.6 Å². The molecule has 114 valence electrons. The molecule has 5 nitrogen and oxygen atoms in total. The van der Waals surface area contributed by atoms with E-state index in [9.17, 15) is 9.90 Å². The number of carbonyl (C=O) groups excluding carboxylic acids is 1. The number of benzene rings is 2. The number of nitrogens with zero attached hydrogens (tertiary/aromatic N) is 1. The van der Waals surface area contributed by atoms with E-state index in [1.54, 1.807) is 25.3 Å². The van der Waals surface area contributed by atoms with Crippen molar-refractivity contribution in [2.75, 3.05) is 7.11 Å². The van der Waals surface area contributed by atoms with Crippen LogP contribution in [-0.4, -0.2) is 24.3 Å². The second kappa shape index (κ2) is 7.79. The zero-order chi connectivity index (χ0) is 15.9. The summed E-state index contributed by atoms with van der Waals surface area (Å²) in [6.45, 7) is 0. The van der Waals surface area contributed by atoms with Crippen molar-refractivity contribution >= 4 is 34.7 Å². The largest absolute Gasteiger partial charge is 0.507 e. The molecule has 0 atom stereocenters. The van der Waals surface area contributed by atoms with Gasteiger partial charge in [0.05, 0.1) is 23.3 Å². The molecule has 0 fully saturated rings. The Hall–Kier alpha value is -2.09. The van der Waals surface area contributed by atoms with Crippen LogP contribution in [0.2, 0.25) is 0 Å². The number of phenols is 1. The third kappa shape index (κ3) is 4.73. The van der Waals surface area contributed by atoms with Crippen LogP contribution in [0.1, 0.15) is 11.1 Å². The first-order chi connectivity index (χ1) is 10.6. The second-order valence-corrected chi connectivity index (χ2v) is 5.69. The van der Waals surface area contributed by atoms with Gasteiger partial charge in [-0.1, -0.05) is 12.1 Å². The highest BCUT2D eigenvalue weighted by molar-refractivity contribution is 14.1. The normalized spacial score (nSPS) is 10.6. The van der Waals surface area contributed by atoms with Gasteiger partial charge in [-0.3, -0.25) is 4.79 Å². The van der Waals surface area contributed by atoms with Crippen molar-refractivity contribution in [2.45, 2.75) is 6.42 Å². The van der Waals surface area contributed by atoms with Crippen molar-refractivity contribution in [3.05, 3.63) is 57.2 Å². The highest BCUT2D eigenvalue weighted by Crippen LogP contribution is 2.19. The van der Waals surface area contributed by atoms with E-state index in [0.29, 0.717) is 5.75 Å². The maximum atomic E-state index is 11.8. The fourth-order valence-electron chi connectivity index (χ4n) is 1.79. The van der Waals surface area contributed by atoms with Gasteiger partial charge >= 0.3 is 0 Å². The lowest BCUT2D eigenvalue weighted by Gasteiger charge is -2.03. The van der Waals surface area contributed by atoms with E-state index >= 15 is 0 Å². The highest BCUT2D eigenvalue weighted by atomic mass is 127. The van der Waals surface area contributed by atoms with E-state index in [2.05, 4.69) is 10.5 Å². The van der Waals surface area contributed by atoms with Crippen LogP contribution < -0.4 is 10.2 Å². The van der Waals surface area contributed by atoms with Gasteiger partial charge in [0.25, 0.3) is 0 Å². The number of nitrogens with one attached hydrogen (secondary N) is 1. The predicted octanol–water partition coefficient (Wildman–Crippen LogP) is 2.70. The van der Waals surface area contributed by atoms with Crippen LogP contribution in [0.3, 0.4) is 0 Å². The molecule has 2 aromatic carbocycles. The molecular weight excluding hydrogens is 395 g/mol. The molecule has 0 aliphatic rings. The maximum Gasteiger partial charge on any atom is 0.244 e. The van der Waals surface area contributed by atoms with E-state index in [1.807, 2.05) is 46.9 Å². The van der Waals surface area contributed by atoms with Gasteiger partial charge in [0.2, 0.25) is 5.91 Å². The minimum Gasteiger partial charge on any atom is -0.507 e. The average Bonchev–Trinajstić information content (AvgIpc) is 2.51. The molecule has 0 spiro atoms. The third-order valence-electron chi connectivity index (χ3n) is 2.87. The number of carbonyl (C=O) groups is 1. The average molecular weight is 410 g/mol. The summed E-state index contributed by atoms with van der Waals surface area (Å²) in [5, 5.41) is 13.3. The quantitative estimate of drug-likeness (QED) is 0.453. The Bertz CT molecular complexity index is 702. The van der Waals surface area contributed by atoms with Gasteiger partial charge in [-0.2, -0.15) is 5.10 Å². The number of hydrogen-bond acceptors (Lipinski definition) is 4. The Balaban J connectivity index is 1.91. The van der Waals surface area contributed by atoms with E-state index in [1.165, 1.54) is 6.21 Å². The molecule has 2 rings (SSSR count). The van der Waals surface area contributed by atoms with Gasteiger partial charge in [0.15, 0.2) is 0 Å². The van der Waals surface area contributed by atoms with Gasteiger partial charge < -0.3 is 9.84 Å². The fourth-order valence-corrected chi connectivity index (χ4v) is 2.33. The van der Waals surface area contributed by atoms with Crippen LogP contribution in [0.25, 0.3) is 0 Å². The number of halogens is 1. The van der Waals surface area contributed by atoms with Crippen LogP contribution in [-0.2, 0) is 11.2 Å². The molecule has 0 aromatic heterocycles. The number of methoxy groups -OCH3 is 1. The topological polar surface area (TPSA) is 70.9 Å². The van der Waals surface area contributed by atoms with Crippen molar-refractivity contribution in [3.63, 3.8) is 0 Å². The summed E-state index contributed by atoms with van der Waals surface area (Å²) < 4.78 is 5.84. The highest BCUT2D eigenvalue weighted by Gasteiger charge is 2.03. The molecule has 0 aliphatic heterocycles. The Morgan fingerprint density at radius 1 is 1.36 bits per heavy atom. The van der Waals surface area contributed by atoms with Crippen molar-refractivity contribution in [1.82, 2.24) is 5.43 Å². The summed E-state index contributed by atoms with van der Waals surface area (Å²) in [6.07, 6.45) is 1.76. The first-order valence-corrected chi connectivity index (χ1v) is 7.59. The number of rotatable bonds is 5. The van der Waals surface area contributed by atoms with E-state index in [4.69, 9.17) is 4.74 Å². The van der Waals surface area contributed by atoms with Crippen molar-refractivity contribution in [2.24, 2.45) is 5.10 Å². The molecule has 0 bridgehead atoms. The Kier molecular flexibility index (Phi) is 5.76.